The van der Waals surface area contributed by atoms with Crippen molar-refractivity contribution in [2.45, 2.75) is 32.2 Å². The Morgan fingerprint density at radius 3 is 2.33 bits per heavy atom. The van der Waals surface area contributed by atoms with Gasteiger partial charge in [-0.15, -0.1) is 24.0 Å². The number of alkyl halides is 3. The highest BCUT2D eigenvalue weighted by molar-refractivity contribution is 14.0. The normalized spacial score (nSPS) is 14.2. The Morgan fingerprint density at radius 2 is 1.81 bits per heavy atom. The number of aliphatic hydroxyl groups is 1. The summed E-state index contributed by atoms with van der Waals surface area (Å²) < 4.78 is 43.0. The molecule has 2 rings (SSSR count). The van der Waals surface area contributed by atoms with Gasteiger partial charge in [-0.05, 0) is 43.7 Å². The van der Waals surface area contributed by atoms with Gasteiger partial charge in [-0.25, -0.2) is 4.99 Å². The number of nitrogens with one attached hydrogen (secondary N) is 2. The highest BCUT2D eigenvalue weighted by atomic mass is 127. The molecule has 1 aromatic heterocycles. The molecular formula is C18H23F3IN3O2. The molecule has 1 heterocycles. The molecule has 0 aliphatic rings. The second-order valence-electron chi connectivity index (χ2n) is 5.99. The zero-order valence-corrected chi connectivity index (χ0v) is 17.3. The van der Waals surface area contributed by atoms with Gasteiger partial charge in [0.2, 0.25) is 0 Å². The summed E-state index contributed by atoms with van der Waals surface area (Å²) in [6, 6.07) is 8.23. The Bertz CT molecular complexity index is 714. The van der Waals surface area contributed by atoms with E-state index in [-0.39, 0.29) is 37.1 Å². The first-order chi connectivity index (χ1) is 12.2. The first-order valence-corrected chi connectivity index (χ1v) is 8.17. The second-order valence-corrected chi connectivity index (χ2v) is 5.99. The van der Waals surface area contributed by atoms with Crippen molar-refractivity contribution in [3.05, 3.63) is 59.5 Å². The van der Waals surface area contributed by atoms with E-state index < -0.39 is 17.3 Å². The molecule has 150 valence electrons. The summed E-state index contributed by atoms with van der Waals surface area (Å²) in [5.74, 6) is 0.864. The molecule has 0 aliphatic heterocycles. The first-order valence-electron chi connectivity index (χ1n) is 8.17. The molecular weight excluding hydrogens is 474 g/mol. The number of aliphatic imine (C=N–C) groups is 1. The molecule has 1 atom stereocenters. The van der Waals surface area contributed by atoms with Crippen molar-refractivity contribution in [3.8, 4) is 0 Å². The summed E-state index contributed by atoms with van der Waals surface area (Å²) in [6.45, 7) is 4.45. The Balaban J connectivity index is 0.00000364. The summed E-state index contributed by atoms with van der Waals surface area (Å²) in [4.78, 5) is 4.33. The third-order valence-corrected chi connectivity index (χ3v) is 3.70. The summed E-state index contributed by atoms with van der Waals surface area (Å²) >= 11 is 0. The van der Waals surface area contributed by atoms with Gasteiger partial charge < -0.3 is 20.2 Å². The fraction of sp³-hybridized carbons (Fsp3) is 0.389. The molecule has 0 fully saturated rings. The number of furan rings is 1. The summed E-state index contributed by atoms with van der Waals surface area (Å²) in [7, 11) is 0. The van der Waals surface area contributed by atoms with Gasteiger partial charge in [-0.3, -0.25) is 0 Å². The third-order valence-electron chi connectivity index (χ3n) is 3.70. The minimum absolute atomic E-state index is 0. The smallest absolute Gasteiger partial charge is 0.416 e. The lowest BCUT2D eigenvalue weighted by Gasteiger charge is -2.22. The molecule has 0 saturated heterocycles. The minimum atomic E-state index is -4.35. The Kier molecular flexibility index (Phi) is 8.60. The van der Waals surface area contributed by atoms with Crippen LogP contribution in [0.1, 0.15) is 30.7 Å². The standard InChI is InChI=1S/C18H22F3N3O2.HI/c1-3-22-16(24-12-17(2,25)15-5-4-10-26-15)23-11-13-6-8-14(9-7-13)18(19,20)21;/h4-10,25H,3,11-12H2,1-2H3,(H2,22,23,24);1H. The first kappa shape index (κ1) is 23.3. The van der Waals surface area contributed by atoms with Gasteiger partial charge in [0.1, 0.15) is 11.4 Å². The van der Waals surface area contributed by atoms with Crippen LogP contribution in [0.25, 0.3) is 0 Å². The molecule has 0 saturated carbocycles. The average Bonchev–Trinajstić information content (AvgIpc) is 3.12. The summed E-state index contributed by atoms with van der Waals surface area (Å²) in [5, 5.41) is 16.5. The average molecular weight is 497 g/mol. The van der Waals surface area contributed by atoms with Crippen molar-refractivity contribution in [2.24, 2.45) is 4.99 Å². The zero-order chi connectivity index (χ0) is 19.2. The van der Waals surface area contributed by atoms with Gasteiger partial charge in [-0.1, -0.05) is 12.1 Å². The zero-order valence-electron chi connectivity index (χ0n) is 15.0. The SMILES string of the molecule is CCNC(=NCc1ccc(C(F)(F)F)cc1)NCC(C)(O)c1ccco1.I. The van der Waals surface area contributed by atoms with Crippen molar-refractivity contribution in [2.75, 3.05) is 13.1 Å². The van der Waals surface area contributed by atoms with E-state index in [0.29, 0.717) is 23.8 Å². The maximum atomic E-state index is 12.6. The molecule has 1 unspecified atom stereocenters. The molecule has 27 heavy (non-hydrogen) atoms. The highest BCUT2D eigenvalue weighted by Gasteiger charge is 2.30. The fourth-order valence-corrected chi connectivity index (χ4v) is 2.24. The Hall–Kier alpha value is -1.75. The van der Waals surface area contributed by atoms with E-state index in [0.717, 1.165) is 12.1 Å². The van der Waals surface area contributed by atoms with Gasteiger partial charge in [-0.2, -0.15) is 13.2 Å². The Morgan fingerprint density at radius 1 is 1.15 bits per heavy atom. The molecule has 0 amide bonds. The van der Waals surface area contributed by atoms with Crippen LogP contribution >= 0.6 is 24.0 Å². The van der Waals surface area contributed by atoms with Crippen molar-refractivity contribution in [1.82, 2.24) is 10.6 Å². The van der Waals surface area contributed by atoms with Crippen LogP contribution in [0, 0.1) is 0 Å². The minimum Gasteiger partial charge on any atom is -0.466 e. The lowest BCUT2D eigenvalue weighted by molar-refractivity contribution is -0.137. The van der Waals surface area contributed by atoms with Gasteiger partial charge in [0.25, 0.3) is 0 Å². The summed E-state index contributed by atoms with van der Waals surface area (Å²) in [6.07, 6.45) is -2.87. The van der Waals surface area contributed by atoms with Crippen molar-refractivity contribution in [3.63, 3.8) is 0 Å². The van der Waals surface area contributed by atoms with Crippen molar-refractivity contribution >= 4 is 29.9 Å². The van der Waals surface area contributed by atoms with E-state index in [1.165, 1.54) is 18.4 Å². The van der Waals surface area contributed by atoms with E-state index in [4.69, 9.17) is 4.42 Å². The van der Waals surface area contributed by atoms with Crippen LogP contribution in [-0.4, -0.2) is 24.2 Å². The van der Waals surface area contributed by atoms with E-state index in [9.17, 15) is 18.3 Å². The molecule has 1 aromatic carbocycles. The van der Waals surface area contributed by atoms with Crippen LogP contribution in [0.3, 0.4) is 0 Å². The van der Waals surface area contributed by atoms with Crippen LogP contribution in [0.5, 0.6) is 0 Å². The molecule has 0 spiro atoms. The number of nitrogens with zero attached hydrogens (tertiary/aromatic N) is 1. The number of hydrogen-bond acceptors (Lipinski definition) is 3. The molecule has 2 aromatic rings. The summed E-state index contributed by atoms with van der Waals surface area (Å²) in [5.41, 5.74) is -1.27. The van der Waals surface area contributed by atoms with Gasteiger partial charge in [0.05, 0.1) is 24.9 Å². The lowest BCUT2D eigenvalue weighted by atomic mass is 10.0. The van der Waals surface area contributed by atoms with Crippen molar-refractivity contribution in [1.29, 1.82) is 0 Å². The maximum absolute atomic E-state index is 12.6. The van der Waals surface area contributed by atoms with Crippen LogP contribution in [0.15, 0.2) is 52.1 Å². The van der Waals surface area contributed by atoms with E-state index in [1.54, 1.807) is 19.1 Å². The van der Waals surface area contributed by atoms with Gasteiger partial charge in [0, 0.05) is 6.54 Å². The second kappa shape index (κ2) is 9.98. The van der Waals surface area contributed by atoms with E-state index in [1.807, 2.05) is 6.92 Å². The van der Waals surface area contributed by atoms with Gasteiger partial charge in [0.15, 0.2) is 5.96 Å². The lowest BCUT2D eigenvalue weighted by Crippen LogP contribution is -2.44. The van der Waals surface area contributed by atoms with Crippen LogP contribution in [0.2, 0.25) is 0 Å². The molecule has 5 nitrogen and oxygen atoms in total. The van der Waals surface area contributed by atoms with Crippen LogP contribution in [0.4, 0.5) is 13.2 Å². The van der Waals surface area contributed by atoms with Crippen molar-refractivity contribution < 1.29 is 22.7 Å². The number of guanidine groups is 1. The molecule has 0 bridgehead atoms. The monoisotopic (exact) mass is 497 g/mol. The largest absolute Gasteiger partial charge is 0.466 e. The predicted molar refractivity (Wildman–Crippen MR) is 108 cm³/mol. The number of rotatable bonds is 6. The number of benzene rings is 1. The maximum Gasteiger partial charge on any atom is 0.416 e. The molecule has 0 radical (unpaired) electrons. The van der Waals surface area contributed by atoms with Crippen LogP contribution in [-0.2, 0) is 18.3 Å². The third kappa shape index (κ3) is 7.06. The van der Waals surface area contributed by atoms with E-state index in [2.05, 4.69) is 15.6 Å². The number of hydrogen-bond donors (Lipinski definition) is 3. The Labute approximate surface area is 173 Å². The van der Waals surface area contributed by atoms with E-state index >= 15 is 0 Å². The highest BCUT2D eigenvalue weighted by Crippen LogP contribution is 2.29. The molecule has 3 N–H and O–H groups in total. The quantitative estimate of drug-likeness (QED) is 0.322. The topological polar surface area (TPSA) is 69.8 Å². The molecule has 0 aliphatic carbocycles. The predicted octanol–water partition coefficient (Wildman–Crippen LogP) is 3.88. The fourth-order valence-electron chi connectivity index (χ4n) is 2.24. The number of halogens is 4. The molecule has 9 heteroatoms. The van der Waals surface area contributed by atoms with Gasteiger partial charge >= 0.3 is 6.18 Å². The van der Waals surface area contributed by atoms with Crippen LogP contribution < -0.4 is 10.6 Å².